The lowest BCUT2D eigenvalue weighted by molar-refractivity contribution is 0.415. The topological polar surface area (TPSA) is 63.2 Å². The van der Waals surface area contributed by atoms with Gasteiger partial charge in [0.1, 0.15) is 11.6 Å². The molecule has 0 bridgehead atoms. The van der Waals surface area contributed by atoms with Crippen LogP contribution in [0, 0.1) is 0 Å². The molecule has 2 aromatic heterocycles. The number of hydrogen-bond acceptors (Lipinski definition) is 6. The third-order valence-corrected chi connectivity index (χ3v) is 3.83. The van der Waals surface area contributed by atoms with Crippen molar-refractivity contribution in [3.05, 3.63) is 66.6 Å². The van der Waals surface area contributed by atoms with Gasteiger partial charge in [-0.2, -0.15) is 4.98 Å². The maximum absolute atomic E-state index is 5.17. The van der Waals surface area contributed by atoms with Crippen LogP contribution in [0.15, 0.2) is 61.1 Å². The van der Waals surface area contributed by atoms with Crippen LogP contribution in [0.4, 0.5) is 17.5 Å². The van der Waals surface area contributed by atoms with E-state index in [1.54, 1.807) is 13.3 Å². The van der Waals surface area contributed by atoms with Gasteiger partial charge in [-0.15, -0.1) is 0 Å². The maximum atomic E-state index is 5.17. The zero-order chi connectivity index (χ0) is 17.5. The second kappa shape index (κ2) is 8.10. The molecule has 1 N–H and O–H groups in total. The van der Waals surface area contributed by atoms with Gasteiger partial charge >= 0.3 is 0 Å². The molecule has 25 heavy (non-hydrogen) atoms. The van der Waals surface area contributed by atoms with Gasteiger partial charge < -0.3 is 15.0 Å². The van der Waals surface area contributed by atoms with E-state index in [4.69, 9.17) is 4.74 Å². The van der Waals surface area contributed by atoms with Gasteiger partial charge in [-0.05, 0) is 54.4 Å². The number of rotatable bonds is 7. The summed E-state index contributed by atoms with van der Waals surface area (Å²) in [6.45, 7) is 0.829. The summed E-state index contributed by atoms with van der Waals surface area (Å²) in [6.07, 6.45) is 6.30. The maximum Gasteiger partial charge on any atom is 0.227 e. The predicted molar refractivity (Wildman–Crippen MR) is 99.5 cm³/mol. The molecule has 6 heteroatoms. The largest absolute Gasteiger partial charge is 0.497 e. The number of nitrogens with one attached hydrogen (secondary N) is 1. The number of hydrogen-bond donors (Lipinski definition) is 1. The average molecular weight is 335 g/mol. The van der Waals surface area contributed by atoms with Crippen LogP contribution in [0.5, 0.6) is 5.75 Å². The van der Waals surface area contributed by atoms with Gasteiger partial charge in [0, 0.05) is 37.9 Å². The molecule has 0 saturated heterocycles. The van der Waals surface area contributed by atoms with Gasteiger partial charge in [-0.25, -0.2) is 4.98 Å². The first-order chi connectivity index (χ1) is 12.2. The standard InChI is InChI=1S/C19H21N5O/c1-24(14-10-15-7-11-20-12-8-15)19-21-13-9-18(23-19)22-16-3-5-17(25-2)6-4-16/h3-9,11-13H,10,14H2,1-2H3,(H,21,22,23). The monoisotopic (exact) mass is 335 g/mol. The molecule has 0 radical (unpaired) electrons. The lowest BCUT2D eigenvalue weighted by atomic mass is 10.2. The highest BCUT2D eigenvalue weighted by molar-refractivity contribution is 5.57. The SMILES string of the molecule is COc1ccc(Nc2ccnc(N(C)CCc3ccncc3)n2)cc1. The number of methoxy groups -OCH3 is 1. The second-order valence-electron chi connectivity index (χ2n) is 5.62. The molecule has 0 aliphatic carbocycles. The fraction of sp³-hybridized carbons (Fsp3) is 0.211. The molecule has 0 aliphatic heterocycles. The van der Waals surface area contributed by atoms with E-state index < -0.39 is 0 Å². The third-order valence-electron chi connectivity index (χ3n) is 3.83. The molecular formula is C19H21N5O. The molecule has 0 fully saturated rings. The fourth-order valence-electron chi connectivity index (χ4n) is 2.37. The molecule has 3 rings (SSSR count). The van der Waals surface area contributed by atoms with Gasteiger partial charge in [0.05, 0.1) is 7.11 Å². The van der Waals surface area contributed by atoms with Crippen LogP contribution >= 0.6 is 0 Å². The summed E-state index contributed by atoms with van der Waals surface area (Å²) < 4.78 is 5.17. The molecule has 0 spiro atoms. The summed E-state index contributed by atoms with van der Waals surface area (Å²) in [5.74, 6) is 2.27. The van der Waals surface area contributed by atoms with E-state index in [0.29, 0.717) is 5.95 Å². The lowest BCUT2D eigenvalue weighted by Gasteiger charge is -2.17. The average Bonchev–Trinajstić information content (AvgIpc) is 2.68. The molecule has 0 unspecified atom stereocenters. The summed E-state index contributed by atoms with van der Waals surface area (Å²) in [5, 5.41) is 3.28. The minimum Gasteiger partial charge on any atom is -0.497 e. The van der Waals surface area contributed by atoms with Crippen molar-refractivity contribution in [1.29, 1.82) is 0 Å². The van der Waals surface area contributed by atoms with Gasteiger partial charge in [0.15, 0.2) is 0 Å². The zero-order valence-electron chi connectivity index (χ0n) is 14.4. The van der Waals surface area contributed by atoms with Gasteiger partial charge in [0.25, 0.3) is 0 Å². The Morgan fingerprint density at radius 3 is 2.48 bits per heavy atom. The summed E-state index contributed by atoms with van der Waals surface area (Å²) in [4.78, 5) is 15.0. The Morgan fingerprint density at radius 2 is 1.76 bits per heavy atom. The van der Waals surface area contributed by atoms with Crippen molar-refractivity contribution >= 4 is 17.5 Å². The smallest absolute Gasteiger partial charge is 0.227 e. The van der Waals surface area contributed by atoms with E-state index in [9.17, 15) is 0 Å². The summed E-state index contributed by atoms with van der Waals surface area (Å²) in [6, 6.07) is 13.6. The van der Waals surface area contributed by atoms with E-state index in [1.165, 1.54) is 5.56 Å². The normalized spacial score (nSPS) is 10.3. The first kappa shape index (κ1) is 16.7. The van der Waals surface area contributed by atoms with Crippen LogP contribution in [0.3, 0.4) is 0 Å². The first-order valence-corrected chi connectivity index (χ1v) is 8.09. The second-order valence-corrected chi connectivity index (χ2v) is 5.62. The Labute approximate surface area is 147 Å². The highest BCUT2D eigenvalue weighted by Gasteiger charge is 2.06. The van der Waals surface area contributed by atoms with Crippen LogP contribution in [0.25, 0.3) is 0 Å². The van der Waals surface area contributed by atoms with Crippen LogP contribution in [0.1, 0.15) is 5.56 Å². The minimum absolute atomic E-state index is 0.688. The number of ether oxygens (including phenoxy) is 1. The number of aromatic nitrogens is 3. The van der Waals surface area contributed by atoms with Crippen LogP contribution < -0.4 is 15.0 Å². The summed E-state index contributed by atoms with van der Waals surface area (Å²) >= 11 is 0. The number of pyridine rings is 1. The van der Waals surface area contributed by atoms with Gasteiger partial charge in [-0.3, -0.25) is 4.98 Å². The van der Waals surface area contributed by atoms with E-state index >= 15 is 0 Å². The van der Waals surface area contributed by atoms with Crippen LogP contribution in [-0.4, -0.2) is 35.7 Å². The molecular weight excluding hydrogens is 314 g/mol. The van der Waals surface area contributed by atoms with Crippen LogP contribution in [-0.2, 0) is 6.42 Å². The molecule has 3 aromatic rings. The van der Waals surface area contributed by atoms with E-state index in [0.717, 1.165) is 30.2 Å². The highest BCUT2D eigenvalue weighted by atomic mass is 16.5. The van der Waals surface area contributed by atoms with E-state index in [1.807, 2.05) is 66.8 Å². The quantitative estimate of drug-likeness (QED) is 0.715. The number of benzene rings is 1. The molecule has 1 aromatic carbocycles. The number of nitrogens with zero attached hydrogens (tertiary/aromatic N) is 4. The zero-order valence-corrected chi connectivity index (χ0v) is 14.4. The Hall–Kier alpha value is -3.15. The molecule has 2 heterocycles. The Balaban J connectivity index is 1.63. The molecule has 0 amide bonds. The van der Waals surface area contributed by atoms with Gasteiger partial charge in [0.2, 0.25) is 5.95 Å². The molecule has 0 saturated carbocycles. The first-order valence-electron chi connectivity index (χ1n) is 8.09. The molecule has 128 valence electrons. The number of likely N-dealkylation sites (N-methyl/N-ethyl adjacent to an activating group) is 1. The van der Waals surface area contributed by atoms with E-state index in [2.05, 4.69) is 20.3 Å². The van der Waals surface area contributed by atoms with Crippen LogP contribution in [0.2, 0.25) is 0 Å². The van der Waals surface area contributed by atoms with Crippen molar-refractivity contribution < 1.29 is 4.74 Å². The third kappa shape index (κ3) is 4.67. The van der Waals surface area contributed by atoms with Gasteiger partial charge in [-0.1, -0.05) is 0 Å². The molecule has 0 atom stereocenters. The lowest BCUT2D eigenvalue weighted by Crippen LogP contribution is -2.22. The Bertz CT molecular complexity index is 792. The Kier molecular flexibility index (Phi) is 5.41. The highest BCUT2D eigenvalue weighted by Crippen LogP contribution is 2.19. The molecule has 6 nitrogen and oxygen atoms in total. The van der Waals surface area contributed by atoms with Crippen molar-refractivity contribution in [2.24, 2.45) is 0 Å². The predicted octanol–water partition coefficient (Wildman–Crippen LogP) is 3.30. The van der Waals surface area contributed by atoms with Crippen molar-refractivity contribution in [1.82, 2.24) is 15.0 Å². The van der Waals surface area contributed by atoms with Crippen molar-refractivity contribution in [3.8, 4) is 5.75 Å². The van der Waals surface area contributed by atoms with Crippen molar-refractivity contribution in [2.75, 3.05) is 30.9 Å². The summed E-state index contributed by atoms with van der Waals surface area (Å²) in [5.41, 5.74) is 2.19. The fourth-order valence-corrected chi connectivity index (χ4v) is 2.37. The minimum atomic E-state index is 0.688. The molecule has 0 aliphatic rings. The number of anilines is 3. The summed E-state index contributed by atoms with van der Waals surface area (Å²) in [7, 11) is 3.65. The Morgan fingerprint density at radius 1 is 1.00 bits per heavy atom. The van der Waals surface area contributed by atoms with Crippen molar-refractivity contribution in [3.63, 3.8) is 0 Å². The van der Waals surface area contributed by atoms with Crippen molar-refractivity contribution in [2.45, 2.75) is 6.42 Å². The van der Waals surface area contributed by atoms with E-state index in [-0.39, 0.29) is 0 Å².